The average Bonchev–Trinajstić information content (AvgIpc) is 2.59. The van der Waals surface area contributed by atoms with Gasteiger partial charge in [0.1, 0.15) is 0 Å². The number of carbonyl (C=O) groups excluding carboxylic acids is 2. The summed E-state index contributed by atoms with van der Waals surface area (Å²) in [6.07, 6.45) is 0.903. The molecular weight excluding hydrogens is 314 g/mol. The Labute approximate surface area is 140 Å². The standard InChI is InChI=1S/C18H18ClNO3/c1-2-13-7-9-14(10-8-13)18(22)23-12-17(21)20-11-15-5-3-4-6-16(15)19/h3-10H,2,11-12H2,1H3,(H,20,21). The SMILES string of the molecule is CCc1ccc(C(=O)OCC(=O)NCc2ccccc2Cl)cc1. The fourth-order valence-corrected chi connectivity index (χ4v) is 2.18. The molecule has 1 N–H and O–H groups in total. The van der Waals surface area contributed by atoms with Crippen molar-refractivity contribution in [1.82, 2.24) is 5.32 Å². The molecule has 23 heavy (non-hydrogen) atoms. The van der Waals surface area contributed by atoms with Crippen LogP contribution in [-0.2, 0) is 22.5 Å². The Bertz CT molecular complexity index is 683. The maximum absolute atomic E-state index is 11.9. The quantitative estimate of drug-likeness (QED) is 0.826. The number of rotatable bonds is 6. The van der Waals surface area contributed by atoms with E-state index in [1.165, 1.54) is 0 Å². The lowest BCUT2D eigenvalue weighted by Crippen LogP contribution is -2.28. The van der Waals surface area contributed by atoms with Crippen molar-refractivity contribution in [2.75, 3.05) is 6.61 Å². The van der Waals surface area contributed by atoms with Gasteiger partial charge in [-0.3, -0.25) is 4.79 Å². The first-order valence-corrected chi connectivity index (χ1v) is 7.74. The third kappa shape index (κ3) is 5.11. The molecule has 0 aromatic heterocycles. The number of aryl methyl sites for hydroxylation is 1. The Kier molecular flexibility index (Phi) is 6.18. The summed E-state index contributed by atoms with van der Waals surface area (Å²) < 4.78 is 5.00. The van der Waals surface area contributed by atoms with Crippen LogP contribution in [0.4, 0.5) is 0 Å². The molecule has 2 aromatic rings. The Morgan fingerprint density at radius 1 is 1.09 bits per heavy atom. The van der Waals surface area contributed by atoms with Crippen molar-refractivity contribution in [3.05, 3.63) is 70.2 Å². The number of hydrogen-bond donors (Lipinski definition) is 1. The van der Waals surface area contributed by atoms with Gasteiger partial charge in [-0.1, -0.05) is 48.9 Å². The van der Waals surface area contributed by atoms with Crippen LogP contribution in [0.25, 0.3) is 0 Å². The van der Waals surface area contributed by atoms with E-state index in [2.05, 4.69) is 5.32 Å². The molecule has 0 radical (unpaired) electrons. The van der Waals surface area contributed by atoms with Crippen LogP contribution in [0.3, 0.4) is 0 Å². The van der Waals surface area contributed by atoms with Gasteiger partial charge in [-0.2, -0.15) is 0 Å². The highest BCUT2D eigenvalue weighted by Gasteiger charge is 2.10. The zero-order valence-corrected chi connectivity index (χ0v) is 13.6. The summed E-state index contributed by atoms with van der Waals surface area (Å²) in [6, 6.07) is 14.4. The molecule has 0 fully saturated rings. The Hall–Kier alpha value is -2.33. The number of amides is 1. The summed E-state index contributed by atoms with van der Waals surface area (Å²) in [6.45, 7) is 2.01. The van der Waals surface area contributed by atoms with Gasteiger partial charge in [0, 0.05) is 11.6 Å². The van der Waals surface area contributed by atoms with Crippen molar-refractivity contribution in [2.45, 2.75) is 19.9 Å². The maximum Gasteiger partial charge on any atom is 0.338 e. The van der Waals surface area contributed by atoms with Crippen LogP contribution >= 0.6 is 11.6 Å². The fraction of sp³-hybridized carbons (Fsp3) is 0.222. The van der Waals surface area contributed by atoms with E-state index in [9.17, 15) is 9.59 Å². The minimum absolute atomic E-state index is 0.293. The first-order valence-electron chi connectivity index (χ1n) is 7.36. The minimum atomic E-state index is -0.513. The van der Waals surface area contributed by atoms with E-state index in [1.807, 2.05) is 37.3 Å². The average molecular weight is 332 g/mol. The monoisotopic (exact) mass is 331 g/mol. The van der Waals surface area contributed by atoms with Gasteiger partial charge in [0.15, 0.2) is 6.61 Å². The molecule has 0 aliphatic rings. The van der Waals surface area contributed by atoms with Crippen molar-refractivity contribution >= 4 is 23.5 Å². The lowest BCUT2D eigenvalue weighted by atomic mass is 10.1. The number of halogens is 1. The van der Waals surface area contributed by atoms with Gasteiger partial charge in [0.2, 0.25) is 0 Å². The van der Waals surface area contributed by atoms with Gasteiger partial charge in [0.05, 0.1) is 5.56 Å². The number of ether oxygens (including phenoxy) is 1. The topological polar surface area (TPSA) is 55.4 Å². The lowest BCUT2D eigenvalue weighted by molar-refractivity contribution is -0.124. The molecule has 0 bridgehead atoms. The highest BCUT2D eigenvalue weighted by molar-refractivity contribution is 6.31. The Morgan fingerprint density at radius 3 is 2.43 bits per heavy atom. The van der Waals surface area contributed by atoms with Crippen molar-refractivity contribution < 1.29 is 14.3 Å². The molecule has 0 atom stereocenters. The number of carbonyl (C=O) groups is 2. The van der Waals surface area contributed by atoms with Crippen molar-refractivity contribution in [2.24, 2.45) is 0 Å². The first kappa shape index (κ1) is 17.0. The van der Waals surface area contributed by atoms with Crippen molar-refractivity contribution in [1.29, 1.82) is 0 Å². The zero-order chi connectivity index (χ0) is 16.7. The predicted molar refractivity (Wildman–Crippen MR) is 89.4 cm³/mol. The second-order valence-corrected chi connectivity index (χ2v) is 5.40. The van der Waals surface area contributed by atoms with Gasteiger partial charge in [-0.15, -0.1) is 0 Å². The highest BCUT2D eigenvalue weighted by atomic mass is 35.5. The van der Waals surface area contributed by atoms with Crippen LogP contribution in [0.1, 0.15) is 28.4 Å². The van der Waals surface area contributed by atoms with Gasteiger partial charge in [-0.05, 0) is 35.7 Å². The summed E-state index contributed by atoms with van der Waals surface area (Å²) in [5.41, 5.74) is 2.38. The van der Waals surface area contributed by atoms with Gasteiger partial charge < -0.3 is 10.1 Å². The molecule has 2 aromatic carbocycles. The van der Waals surface area contributed by atoms with E-state index in [4.69, 9.17) is 16.3 Å². The molecule has 1 amide bonds. The lowest BCUT2D eigenvalue weighted by Gasteiger charge is -2.08. The third-order valence-electron chi connectivity index (χ3n) is 3.37. The molecule has 0 saturated heterocycles. The minimum Gasteiger partial charge on any atom is -0.452 e. The van der Waals surface area contributed by atoms with Crippen LogP contribution in [0.5, 0.6) is 0 Å². The smallest absolute Gasteiger partial charge is 0.338 e. The largest absolute Gasteiger partial charge is 0.452 e. The van der Waals surface area contributed by atoms with E-state index in [-0.39, 0.29) is 12.5 Å². The maximum atomic E-state index is 11.9. The van der Waals surface area contributed by atoms with Crippen molar-refractivity contribution in [3.8, 4) is 0 Å². The molecule has 0 saturated carbocycles. The van der Waals surface area contributed by atoms with Crippen LogP contribution in [0, 0.1) is 0 Å². The molecule has 0 heterocycles. The molecule has 0 unspecified atom stereocenters. The highest BCUT2D eigenvalue weighted by Crippen LogP contribution is 2.14. The summed E-state index contributed by atoms with van der Waals surface area (Å²) in [4.78, 5) is 23.6. The zero-order valence-electron chi connectivity index (χ0n) is 12.8. The molecule has 2 rings (SSSR count). The van der Waals surface area contributed by atoms with Crippen LogP contribution < -0.4 is 5.32 Å². The molecule has 4 nitrogen and oxygen atoms in total. The van der Waals surface area contributed by atoms with Crippen LogP contribution in [0.15, 0.2) is 48.5 Å². The summed E-state index contributed by atoms with van der Waals surface area (Å²) >= 11 is 6.00. The second-order valence-electron chi connectivity index (χ2n) is 4.99. The Morgan fingerprint density at radius 2 is 1.78 bits per heavy atom. The first-order chi connectivity index (χ1) is 11.1. The number of nitrogens with one attached hydrogen (secondary N) is 1. The number of esters is 1. The number of hydrogen-bond acceptors (Lipinski definition) is 3. The van der Waals surface area contributed by atoms with E-state index < -0.39 is 5.97 Å². The van der Waals surface area contributed by atoms with Crippen molar-refractivity contribution in [3.63, 3.8) is 0 Å². The van der Waals surface area contributed by atoms with Gasteiger partial charge in [-0.25, -0.2) is 4.79 Å². The molecule has 0 aliphatic carbocycles. The third-order valence-corrected chi connectivity index (χ3v) is 3.73. The van der Waals surface area contributed by atoms with E-state index in [0.29, 0.717) is 17.1 Å². The predicted octanol–water partition coefficient (Wildman–Crippen LogP) is 3.38. The van der Waals surface area contributed by atoms with Crippen LogP contribution in [-0.4, -0.2) is 18.5 Å². The van der Waals surface area contributed by atoms with E-state index >= 15 is 0 Å². The Balaban J connectivity index is 1.79. The van der Waals surface area contributed by atoms with E-state index in [1.54, 1.807) is 18.2 Å². The summed E-state index contributed by atoms with van der Waals surface area (Å²) in [5.74, 6) is -0.885. The summed E-state index contributed by atoms with van der Waals surface area (Å²) in [5, 5.41) is 3.25. The molecule has 0 spiro atoms. The van der Waals surface area contributed by atoms with Gasteiger partial charge in [0.25, 0.3) is 5.91 Å². The molecular formula is C18H18ClNO3. The molecule has 5 heteroatoms. The molecule has 120 valence electrons. The normalized spacial score (nSPS) is 10.2. The number of benzene rings is 2. The summed E-state index contributed by atoms with van der Waals surface area (Å²) in [7, 11) is 0. The fourth-order valence-electron chi connectivity index (χ4n) is 1.98. The second kappa shape index (κ2) is 8.34. The van der Waals surface area contributed by atoms with E-state index in [0.717, 1.165) is 17.5 Å². The molecule has 0 aliphatic heterocycles. The van der Waals surface area contributed by atoms with Crippen LogP contribution in [0.2, 0.25) is 5.02 Å². The van der Waals surface area contributed by atoms with Gasteiger partial charge >= 0.3 is 5.97 Å².